The van der Waals surface area contributed by atoms with Gasteiger partial charge in [0.15, 0.2) is 0 Å². The highest BCUT2D eigenvalue weighted by Gasteiger charge is 2.37. The molecule has 0 unspecified atom stereocenters. The zero-order chi connectivity index (χ0) is 62.3. The normalized spacial score (nSPS) is 26.5. The molecule has 26 heteroatoms. The molecule has 86 heavy (non-hydrogen) atoms. The number of nitrogens with one attached hydrogen (secondary N) is 11. The van der Waals surface area contributed by atoms with E-state index in [1.165, 1.54) is 28.5 Å². The zero-order valence-corrected chi connectivity index (χ0v) is 51.2. The Balaban J connectivity index is 1.34. The van der Waals surface area contributed by atoms with Gasteiger partial charge in [-0.05, 0) is 102 Å². The predicted octanol–water partition coefficient (Wildman–Crippen LogP) is 1.97. The van der Waals surface area contributed by atoms with E-state index in [1.54, 1.807) is 19.2 Å². The van der Waals surface area contributed by atoms with Crippen LogP contribution in [0.4, 0.5) is 0 Å². The molecule has 4 aliphatic rings. The van der Waals surface area contributed by atoms with Crippen LogP contribution in [0.3, 0.4) is 0 Å². The Morgan fingerprint density at radius 3 is 1.80 bits per heavy atom. The number of aliphatic imine (C=N–C) groups is 1. The van der Waals surface area contributed by atoms with Crippen molar-refractivity contribution in [2.45, 2.75) is 184 Å². The van der Waals surface area contributed by atoms with Gasteiger partial charge >= 0.3 is 5.97 Å². The van der Waals surface area contributed by atoms with Gasteiger partial charge in [-0.25, -0.2) is 0 Å². The quantitative estimate of drug-likeness (QED) is 0.135. The minimum absolute atomic E-state index is 0.00143. The third-order valence-corrected chi connectivity index (χ3v) is 17.3. The van der Waals surface area contributed by atoms with E-state index in [-0.39, 0.29) is 62.5 Å². The molecule has 2 aromatic carbocycles. The number of aliphatic carboxylic acids is 1. The third-order valence-electron chi connectivity index (χ3n) is 14.8. The van der Waals surface area contributed by atoms with E-state index in [2.05, 4.69) is 63.5 Å². The number of hydrogen-bond acceptors (Lipinski definition) is 15. The van der Waals surface area contributed by atoms with Crippen molar-refractivity contribution in [1.82, 2.24) is 58.5 Å². The Hall–Kier alpha value is -7.32. The lowest BCUT2D eigenvalue weighted by Gasteiger charge is -2.29. The summed E-state index contributed by atoms with van der Waals surface area (Å²) < 4.78 is 0. The van der Waals surface area contributed by atoms with Crippen molar-refractivity contribution in [2.75, 3.05) is 24.6 Å². The Labute approximate surface area is 509 Å². The summed E-state index contributed by atoms with van der Waals surface area (Å²) in [5.41, 5.74) is 2.61. The molecule has 9 atom stereocenters. The van der Waals surface area contributed by atoms with Crippen LogP contribution in [0.25, 0.3) is 11.1 Å². The molecule has 3 aliphatic heterocycles. The number of benzene rings is 2. The molecule has 2 saturated heterocycles. The highest BCUT2D eigenvalue weighted by Crippen LogP contribution is 2.34. The first kappa shape index (κ1) is 67.8. The Morgan fingerprint density at radius 1 is 0.605 bits per heavy atom. The smallest absolute Gasteiger partial charge is 0.303 e. The van der Waals surface area contributed by atoms with Crippen molar-refractivity contribution in [1.29, 1.82) is 0 Å². The van der Waals surface area contributed by atoms with Gasteiger partial charge in [-0.15, -0.1) is 0 Å². The topological polar surface area (TPSA) is 353 Å². The third kappa shape index (κ3) is 22.8. The van der Waals surface area contributed by atoms with Crippen LogP contribution in [0.2, 0.25) is 0 Å². The number of rotatable bonds is 12. The average Bonchev–Trinajstić information content (AvgIpc) is 4.31. The number of amides is 10. The molecule has 2 aromatic rings. The van der Waals surface area contributed by atoms with Crippen LogP contribution in [0, 0.1) is 5.92 Å². The summed E-state index contributed by atoms with van der Waals surface area (Å²) in [4.78, 5) is 158. The van der Waals surface area contributed by atoms with Crippen LogP contribution >= 0.6 is 21.6 Å². The maximum Gasteiger partial charge on any atom is 0.303 e. The lowest BCUT2D eigenvalue weighted by molar-refractivity contribution is -0.138. The summed E-state index contributed by atoms with van der Waals surface area (Å²) in [6.07, 6.45) is 5.79. The number of hydrogen-bond donors (Lipinski definition) is 12. The Kier molecular flexibility index (Phi) is 26.4. The molecule has 24 nitrogen and oxygen atoms in total. The molecule has 3 heterocycles. The van der Waals surface area contributed by atoms with E-state index in [0.29, 0.717) is 31.4 Å². The molecular weight excluding hydrogens is 1140 g/mol. The summed E-state index contributed by atoms with van der Waals surface area (Å²) in [7, 11) is 2.52. The van der Waals surface area contributed by atoms with Crippen molar-refractivity contribution < 1.29 is 57.8 Å². The molecule has 0 radical (unpaired) electrons. The molecule has 12 N–H and O–H groups in total. The predicted molar refractivity (Wildman–Crippen MR) is 328 cm³/mol. The van der Waals surface area contributed by atoms with E-state index in [1.807, 2.05) is 75.4 Å². The minimum atomic E-state index is -1.52. The minimum Gasteiger partial charge on any atom is -0.481 e. The molecule has 0 aromatic heterocycles. The monoisotopic (exact) mass is 1230 g/mol. The fourth-order valence-electron chi connectivity index (χ4n) is 9.84. The fourth-order valence-corrected chi connectivity index (χ4v) is 12.0. The van der Waals surface area contributed by atoms with E-state index < -0.39 is 144 Å². The van der Waals surface area contributed by atoms with E-state index in [9.17, 15) is 57.8 Å². The Morgan fingerprint density at radius 2 is 1.19 bits per heavy atom. The summed E-state index contributed by atoms with van der Waals surface area (Å²) in [6, 6.07) is 6.31. The van der Waals surface area contributed by atoms with Gasteiger partial charge in [0, 0.05) is 61.2 Å². The van der Waals surface area contributed by atoms with Crippen LogP contribution in [0.15, 0.2) is 71.4 Å². The number of nitrogens with zero attached hydrogens (tertiary/aromatic N) is 1. The van der Waals surface area contributed by atoms with Gasteiger partial charge in [0.2, 0.25) is 59.1 Å². The van der Waals surface area contributed by atoms with Crippen LogP contribution < -0.4 is 58.5 Å². The van der Waals surface area contributed by atoms with Gasteiger partial charge in [0.05, 0.1) is 12.6 Å². The highest BCUT2D eigenvalue weighted by atomic mass is 33.1. The lowest BCUT2D eigenvalue weighted by atomic mass is 10.00. The van der Waals surface area contributed by atoms with Gasteiger partial charge in [-0.3, -0.25) is 57.7 Å². The van der Waals surface area contributed by atoms with Crippen molar-refractivity contribution in [3.63, 3.8) is 0 Å². The molecule has 0 spiro atoms. The summed E-state index contributed by atoms with van der Waals surface area (Å²) >= 11 is 0. The van der Waals surface area contributed by atoms with E-state index in [0.717, 1.165) is 29.5 Å². The second kappa shape index (κ2) is 33.5. The zero-order valence-electron chi connectivity index (χ0n) is 49.6. The molecular formula is C60H84N12O12S2. The maximum absolute atomic E-state index is 14.5. The van der Waals surface area contributed by atoms with E-state index in [4.69, 9.17) is 0 Å². The van der Waals surface area contributed by atoms with Gasteiger partial charge in [0.1, 0.15) is 48.3 Å². The maximum atomic E-state index is 14.5. The standard InChI is InChI=1S/C60H84N12O12S2/c1-6-41-54(79)69-46(32-37-19-21-39(22-20-37)38-13-8-7-9-14-38)52(77)62-27-11-10-16-45(72-60(3,4)5)58(83)64-35(2)51(76)67-43-25-29-85-86-30-26-44(56(81)66-41)68-55(80)42(23-24-50(74)75)65-49(73)34-63-53(78)47(31-36-17-18-36)70-59(84)48(71-57(43)82)33-40-15-12-28-61-40/h7-9,13-15,19-22,28,35-36,41-48,72H,6,10-12,16-18,23-27,29-34H2,1-5H3,(H,62,77)(H,63,78)(H,64,83)(H,65,73)(H,66,81)(H,67,76)(H,68,80)(H,69,79)(H,70,84)(H,71,82)(H,74,75)/t35-,41-,42-,43+,44+,45+,46-,47-,48-/m0/s1. The highest BCUT2D eigenvalue weighted by molar-refractivity contribution is 8.76. The second-order valence-corrected chi connectivity index (χ2v) is 25.8. The first-order valence-corrected chi connectivity index (χ1v) is 32.1. The first-order chi connectivity index (χ1) is 41.0. The van der Waals surface area contributed by atoms with Gasteiger partial charge in [-0.1, -0.05) is 102 Å². The average molecular weight is 1230 g/mol. The van der Waals surface area contributed by atoms with Gasteiger partial charge in [0.25, 0.3) is 0 Å². The van der Waals surface area contributed by atoms with Crippen molar-refractivity contribution in [3.8, 4) is 11.1 Å². The summed E-state index contributed by atoms with van der Waals surface area (Å²) in [5.74, 6) is -8.07. The second-order valence-electron chi connectivity index (χ2n) is 23.1. The molecule has 6 rings (SSSR count). The van der Waals surface area contributed by atoms with Crippen molar-refractivity contribution in [3.05, 3.63) is 71.9 Å². The molecule has 1 aliphatic carbocycles. The number of fused-ring (bicyclic) bond motifs is 7. The fraction of sp³-hybridized carbons (Fsp3) is 0.567. The molecule has 3 fully saturated rings. The first-order valence-electron chi connectivity index (χ1n) is 29.6. The molecule has 1 saturated carbocycles. The number of allylic oxidation sites excluding steroid dienone is 1. The lowest BCUT2D eigenvalue weighted by Crippen LogP contribution is -2.59. The molecule has 10 amide bonds. The number of carbonyl (C=O) groups is 11. The van der Waals surface area contributed by atoms with Crippen LogP contribution in [-0.2, 0) is 59.2 Å². The van der Waals surface area contributed by atoms with Gasteiger partial charge < -0.3 is 63.6 Å². The van der Waals surface area contributed by atoms with Crippen molar-refractivity contribution >= 4 is 92.8 Å². The Bertz CT molecular complexity index is 2790. The molecule has 2 bridgehead atoms. The number of carbonyl (C=O) groups excluding carboxylic acids is 10. The summed E-state index contributed by atoms with van der Waals surface area (Å²) in [6.45, 7) is 8.28. The van der Waals surface area contributed by atoms with Crippen molar-refractivity contribution in [2.24, 2.45) is 10.9 Å². The number of carboxylic acid groups (broad SMARTS) is 1. The van der Waals surface area contributed by atoms with Gasteiger partial charge in [-0.2, -0.15) is 0 Å². The van der Waals surface area contributed by atoms with E-state index >= 15 is 0 Å². The van der Waals surface area contributed by atoms with Crippen LogP contribution in [0.1, 0.15) is 124 Å². The molecule has 468 valence electrons. The largest absolute Gasteiger partial charge is 0.481 e. The van der Waals surface area contributed by atoms with Crippen LogP contribution in [-0.4, -0.2) is 161 Å². The number of carboxylic acids is 1. The summed E-state index contributed by atoms with van der Waals surface area (Å²) in [5, 5.41) is 40.3. The SMILES string of the molecule is CC[C@@H]1NC(=O)[C@H]2CCSSCC[C@@H](NC(=O)[C@H](C)NC(=O)[C@H](NC(C)(C)C)CCCCNC(=O)[C@H](Cc3ccc(-c4ccccc4)cc3)NC1=O)C(=O)N[C@@H](CC1=CCC=N1)C(=O)N[C@@H](CC1CC1)C(=O)NCC(=O)N[C@@H](CCC(=O)O)C(=O)N2. The van der Waals surface area contributed by atoms with Crippen LogP contribution in [0.5, 0.6) is 0 Å².